The summed E-state index contributed by atoms with van der Waals surface area (Å²) in [5.74, 6) is -0.718. The molecule has 1 saturated heterocycles. The zero-order chi connectivity index (χ0) is 47.5. The van der Waals surface area contributed by atoms with Crippen LogP contribution in [0.3, 0.4) is 0 Å². The van der Waals surface area contributed by atoms with Gasteiger partial charge in [0.25, 0.3) is 0 Å². The van der Waals surface area contributed by atoms with E-state index in [1.54, 1.807) is 12.1 Å². The minimum absolute atomic E-state index is 0.0233. The zero-order valence-corrected chi connectivity index (χ0v) is 38.9. The smallest absolute Gasteiger partial charge is 0.481 e. The van der Waals surface area contributed by atoms with Crippen molar-refractivity contribution in [3.05, 3.63) is 35.9 Å². The van der Waals surface area contributed by atoms with Crippen molar-refractivity contribution >= 4 is 108 Å². The summed E-state index contributed by atoms with van der Waals surface area (Å²) in [6, 6.07) is 4.25. The third-order valence-electron chi connectivity index (χ3n) is 9.22. The number of thiazole rings is 1. The molecule has 0 spiro atoms. The SMILES string of the molecule is CC(C)(COP(=O)(O)OP(=O)(O)OC[C@H]1O[C@@H](n2cnc3c(N)ncnc32)[C@H](O)[C@@H]1OP(=O)(O)O)[C@@H](O)C(=O)NCCC(=O)NCCSC(=O)[C@H]1CSC(c2nc3ccc(O)cc3s2)=N1. The number of rotatable bonds is 21. The van der Waals surface area contributed by atoms with E-state index in [2.05, 4.69) is 44.4 Å². The molecule has 356 valence electrons. The molecule has 33 heteroatoms. The van der Waals surface area contributed by atoms with Crippen LogP contribution in [0.4, 0.5) is 5.82 Å². The van der Waals surface area contributed by atoms with E-state index in [4.69, 9.17) is 19.5 Å². The number of phenols is 1. The molecule has 1 aromatic carbocycles. The number of nitrogens with one attached hydrogen (secondary N) is 2. The van der Waals surface area contributed by atoms with Gasteiger partial charge in [-0.15, -0.1) is 23.1 Å². The van der Waals surface area contributed by atoms with E-state index in [1.807, 2.05) is 0 Å². The van der Waals surface area contributed by atoms with E-state index < -0.39 is 90.6 Å². The number of anilines is 1. The number of carbonyl (C=O) groups is 3. The summed E-state index contributed by atoms with van der Waals surface area (Å²) >= 11 is 3.76. The number of aromatic nitrogens is 5. The fourth-order valence-electron chi connectivity index (χ4n) is 5.99. The van der Waals surface area contributed by atoms with Gasteiger partial charge < -0.3 is 56.0 Å². The normalized spacial score (nSPS) is 22.6. The van der Waals surface area contributed by atoms with E-state index in [0.717, 1.165) is 33.7 Å². The molecule has 0 aliphatic carbocycles. The summed E-state index contributed by atoms with van der Waals surface area (Å²) in [4.78, 5) is 97.9. The first-order valence-electron chi connectivity index (χ1n) is 18.8. The molecular formula is C32H42N9O18P3S3. The van der Waals surface area contributed by atoms with Crippen molar-refractivity contribution in [2.75, 3.05) is 43.5 Å². The van der Waals surface area contributed by atoms with E-state index in [-0.39, 0.29) is 53.1 Å². The second-order valence-electron chi connectivity index (χ2n) is 14.7. The van der Waals surface area contributed by atoms with Gasteiger partial charge in [0.1, 0.15) is 58.1 Å². The van der Waals surface area contributed by atoms with Crippen LogP contribution in [-0.2, 0) is 50.7 Å². The first-order valence-corrected chi connectivity index (χ1v) is 26.1. The predicted molar refractivity (Wildman–Crippen MR) is 231 cm³/mol. The van der Waals surface area contributed by atoms with Gasteiger partial charge in [0, 0.05) is 36.4 Å². The number of hydrogen-bond donors (Lipinski definition) is 10. The molecule has 27 nitrogen and oxygen atoms in total. The Balaban J connectivity index is 0.899. The number of phosphoric ester groups is 3. The number of fused-ring (bicyclic) bond motifs is 2. The molecule has 2 aliphatic rings. The third-order valence-corrected chi connectivity index (χ3v) is 15.5. The van der Waals surface area contributed by atoms with Crippen LogP contribution in [0.1, 0.15) is 31.5 Å². The van der Waals surface area contributed by atoms with Crippen molar-refractivity contribution in [1.82, 2.24) is 35.1 Å². The average molecular weight is 1030 g/mol. The van der Waals surface area contributed by atoms with Crippen LogP contribution in [0, 0.1) is 5.41 Å². The molecule has 0 radical (unpaired) electrons. The molecule has 2 unspecified atom stereocenters. The molecule has 5 heterocycles. The Labute approximate surface area is 379 Å². The monoisotopic (exact) mass is 1030 g/mol. The number of aromatic hydroxyl groups is 1. The van der Waals surface area contributed by atoms with E-state index in [1.165, 1.54) is 43.0 Å². The molecule has 0 bridgehead atoms. The second-order valence-corrected chi connectivity index (χ2v) is 22.0. The number of carbonyl (C=O) groups excluding carboxylic acids is 3. The number of hydrogen-bond acceptors (Lipinski definition) is 23. The first-order chi connectivity index (χ1) is 30.4. The van der Waals surface area contributed by atoms with Gasteiger partial charge in [-0.3, -0.25) is 37.5 Å². The number of nitrogens with two attached hydrogens (primary N) is 1. The molecule has 0 saturated carbocycles. The molecule has 2 aliphatic heterocycles. The summed E-state index contributed by atoms with van der Waals surface area (Å²) in [6.45, 7) is 0.329. The predicted octanol–water partition coefficient (Wildman–Crippen LogP) is 0.542. The van der Waals surface area contributed by atoms with Gasteiger partial charge in [-0.05, 0) is 18.2 Å². The molecule has 2 amide bonds. The van der Waals surface area contributed by atoms with E-state index >= 15 is 0 Å². The number of aliphatic hydroxyl groups is 2. The number of nitrogen functional groups attached to an aromatic ring is 1. The number of phosphoric acid groups is 3. The second kappa shape index (κ2) is 20.8. The Kier molecular flexibility index (Phi) is 16.3. The minimum atomic E-state index is -5.59. The van der Waals surface area contributed by atoms with Crippen molar-refractivity contribution in [2.24, 2.45) is 10.4 Å². The quantitative estimate of drug-likeness (QED) is 0.0402. The van der Waals surface area contributed by atoms with Crippen LogP contribution in [0.25, 0.3) is 21.4 Å². The number of nitrogens with zero attached hydrogens (tertiary/aromatic N) is 6. The highest BCUT2D eigenvalue weighted by Gasteiger charge is 2.50. The topological polar surface area (TPSA) is 409 Å². The number of phenolic OH excluding ortho intramolecular Hbond substituents is 1. The van der Waals surface area contributed by atoms with Crippen LogP contribution >= 0.6 is 58.3 Å². The largest absolute Gasteiger partial charge is 0.508 e. The number of thioether (sulfide) groups is 2. The van der Waals surface area contributed by atoms with Crippen LogP contribution in [0.5, 0.6) is 5.75 Å². The summed E-state index contributed by atoms with van der Waals surface area (Å²) in [7, 11) is -16.5. The Bertz CT molecular complexity index is 2600. The van der Waals surface area contributed by atoms with Crippen molar-refractivity contribution < 1.29 is 85.6 Å². The zero-order valence-electron chi connectivity index (χ0n) is 33.7. The molecular weight excluding hydrogens is 988 g/mol. The van der Waals surface area contributed by atoms with Crippen LogP contribution in [-0.4, -0.2) is 150 Å². The van der Waals surface area contributed by atoms with Crippen molar-refractivity contribution in [3.63, 3.8) is 0 Å². The summed E-state index contributed by atoms with van der Waals surface area (Å²) in [5, 5.41) is 37.3. The summed E-state index contributed by atoms with van der Waals surface area (Å²) in [5.41, 5.74) is 4.94. The highest BCUT2D eigenvalue weighted by Crippen LogP contribution is 2.61. The fraction of sp³-hybridized carbons (Fsp3) is 0.500. The molecule has 3 aromatic heterocycles. The Morgan fingerprint density at radius 2 is 1.82 bits per heavy atom. The Morgan fingerprint density at radius 3 is 2.55 bits per heavy atom. The van der Waals surface area contributed by atoms with Crippen molar-refractivity contribution in [3.8, 4) is 5.75 Å². The lowest BCUT2D eigenvalue weighted by Crippen LogP contribution is -2.46. The fourth-order valence-corrected chi connectivity index (χ4v) is 11.8. The van der Waals surface area contributed by atoms with Crippen LogP contribution < -0.4 is 16.4 Å². The van der Waals surface area contributed by atoms with Crippen molar-refractivity contribution in [2.45, 2.75) is 57.0 Å². The highest BCUT2D eigenvalue weighted by atomic mass is 32.2. The van der Waals surface area contributed by atoms with Gasteiger partial charge in [0.15, 0.2) is 17.7 Å². The number of imidazole rings is 1. The van der Waals surface area contributed by atoms with Gasteiger partial charge in [-0.1, -0.05) is 25.6 Å². The van der Waals surface area contributed by atoms with Gasteiger partial charge >= 0.3 is 23.5 Å². The standard InChI is InChI=1S/C32H42N9O18P3S3/c1-32(2,24(45)27(46)35-6-5-20(43)34-7-8-63-31(47)17-11-64-28(40-17)29-39-16-4-3-15(42)9-19(16)65-29)12-56-62(53,54)59-61(51,52)55-10-18-23(58-60(48,49)50)22(44)30(57-18)41-14-38-21-25(33)36-13-37-26(21)41/h3-4,9,13-14,17-18,22-24,30,42,44-45H,5-8,10-12H2,1-2H3,(H,34,43)(H,35,46)(H,51,52)(H,53,54)(H2,33,36,37)(H2,48,49,50)/t17-,18-,22-,23-,24+,30-/m1/s1. The Morgan fingerprint density at radius 1 is 1.08 bits per heavy atom. The maximum Gasteiger partial charge on any atom is 0.481 e. The lowest BCUT2D eigenvalue weighted by molar-refractivity contribution is -0.137. The minimum Gasteiger partial charge on any atom is -0.508 e. The van der Waals surface area contributed by atoms with E-state index in [9.17, 15) is 63.0 Å². The first kappa shape index (κ1) is 50.9. The number of aliphatic hydroxyl groups excluding tert-OH is 2. The maximum atomic E-state index is 12.7. The molecule has 4 aromatic rings. The molecule has 11 N–H and O–H groups in total. The summed E-state index contributed by atoms with van der Waals surface area (Å²) < 4.78 is 63.2. The van der Waals surface area contributed by atoms with Crippen LogP contribution in [0.2, 0.25) is 0 Å². The van der Waals surface area contributed by atoms with Gasteiger partial charge in [0.05, 0.1) is 29.8 Å². The third kappa shape index (κ3) is 13.4. The maximum absolute atomic E-state index is 12.7. The molecule has 6 rings (SSSR count). The highest BCUT2D eigenvalue weighted by molar-refractivity contribution is 8.16. The number of ether oxygens (including phenoxy) is 1. The van der Waals surface area contributed by atoms with Gasteiger partial charge in [-0.2, -0.15) is 4.31 Å². The average Bonchev–Trinajstić information content (AvgIpc) is 4.03. The Hall–Kier alpha value is -3.51. The van der Waals surface area contributed by atoms with E-state index in [0.29, 0.717) is 21.3 Å². The lowest BCUT2D eigenvalue weighted by atomic mass is 9.87. The van der Waals surface area contributed by atoms with Gasteiger partial charge in [-0.25, -0.2) is 33.6 Å². The molecule has 65 heavy (non-hydrogen) atoms. The molecule has 1 fully saturated rings. The number of amides is 2. The molecule has 8 atom stereocenters. The lowest BCUT2D eigenvalue weighted by Gasteiger charge is -2.30. The van der Waals surface area contributed by atoms with Crippen molar-refractivity contribution in [1.29, 1.82) is 0 Å². The van der Waals surface area contributed by atoms with Crippen LogP contribution in [0.15, 0.2) is 35.8 Å². The number of aliphatic imine (C=N–C) groups is 1. The number of benzene rings is 1. The van der Waals surface area contributed by atoms with Gasteiger partial charge in [0.2, 0.25) is 16.9 Å². The summed E-state index contributed by atoms with van der Waals surface area (Å²) in [6.07, 6.45) is -7.05.